The predicted octanol–water partition coefficient (Wildman–Crippen LogP) is 2.37. The summed E-state index contributed by atoms with van der Waals surface area (Å²) in [6.07, 6.45) is -1.61. The van der Waals surface area contributed by atoms with Gasteiger partial charge in [0.05, 0.1) is 5.56 Å². The smallest absolute Gasteiger partial charge is 0.313 e. The van der Waals surface area contributed by atoms with E-state index in [1.165, 1.54) is 0 Å². The number of hydrogen-bond acceptors (Lipinski definition) is 3. The van der Waals surface area contributed by atoms with E-state index in [0.29, 0.717) is 5.69 Å². The van der Waals surface area contributed by atoms with E-state index in [1.807, 2.05) is 13.0 Å². The second kappa shape index (κ2) is 7.85. The van der Waals surface area contributed by atoms with Crippen molar-refractivity contribution in [1.29, 1.82) is 0 Å². The fourth-order valence-electron chi connectivity index (χ4n) is 2.33. The molecule has 2 amide bonds. The van der Waals surface area contributed by atoms with Crippen LogP contribution in [0.4, 0.5) is 14.5 Å². The maximum absolute atomic E-state index is 13.6. The number of anilines is 1. The maximum Gasteiger partial charge on any atom is 0.313 e. The highest BCUT2D eigenvalue weighted by Gasteiger charge is 2.20. The molecule has 7 heteroatoms. The molecule has 0 radical (unpaired) electrons. The maximum atomic E-state index is 13.6. The predicted molar refractivity (Wildman–Crippen MR) is 88.9 cm³/mol. The first kappa shape index (κ1) is 18.5. The average molecular weight is 348 g/mol. The number of carbonyl (C=O) groups excluding carboxylic acids is 2. The Morgan fingerprint density at radius 2 is 1.72 bits per heavy atom. The molecule has 2 aromatic rings. The van der Waals surface area contributed by atoms with Crippen molar-refractivity contribution in [2.24, 2.45) is 0 Å². The number of amides is 2. The van der Waals surface area contributed by atoms with Crippen LogP contribution in [0.1, 0.15) is 22.8 Å². The minimum atomic E-state index is -1.61. The van der Waals surface area contributed by atoms with E-state index in [9.17, 15) is 23.5 Å². The monoisotopic (exact) mass is 348 g/mol. The number of hydrogen-bond donors (Lipinski definition) is 3. The van der Waals surface area contributed by atoms with E-state index >= 15 is 0 Å². The molecule has 0 aliphatic heterocycles. The first-order valence-electron chi connectivity index (χ1n) is 7.58. The van der Waals surface area contributed by atoms with Crippen molar-refractivity contribution in [3.63, 3.8) is 0 Å². The highest BCUT2D eigenvalue weighted by molar-refractivity contribution is 6.39. The van der Waals surface area contributed by atoms with Gasteiger partial charge in [-0.05, 0) is 37.6 Å². The number of carbonyl (C=O) groups is 2. The van der Waals surface area contributed by atoms with Crippen molar-refractivity contribution >= 4 is 17.5 Å². The molecule has 132 valence electrons. The standard InChI is InChI=1S/C18H18F2N2O3/c1-10-6-7-14(11(2)8-10)22-18(25)17(24)21-9-15(23)16-12(19)4-3-5-13(16)20/h3-8,15,23H,9H2,1-2H3,(H,21,24)(H,22,25). The number of aryl methyl sites for hydroxylation is 2. The number of nitrogens with one attached hydrogen (secondary N) is 2. The molecule has 0 aliphatic rings. The van der Waals surface area contributed by atoms with Crippen molar-refractivity contribution in [1.82, 2.24) is 5.32 Å². The molecule has 0 saturated carbocycles. The van der Waals surface area contributed by atoms with Gasteiger partial charge >= 0.3 is 11.8 Å². The molecular formula is C18H18F2N2O3. The van der Waals surface area contributed by atoms with E-state index in [2.05, 4.69) is 10.6 Å². The van der Waals surface area contributed by atoms with E-state index in [1.54, 1.807) is 19.1 Å². The van der Waals surface area contributed by atoms with E-state index < -0.39 is 41.7 Å². The Morgan fingerprint density at radius 1 is 1.08 bits per heavy atom. The van der Waals surface area contributed by atoms with E-state index in [4.69, 9.17) is 0 Å². The zero-order valence-corrected chi connectivity index (χ0v) is 13.8. The van der Waals surface area contributed by atoms with Crippen LogP contribution in [0.25, 0.3) is 0 Å². The highest BCUT2D eigenvalue weighted by atomic mass is 19.1. The van der Waals surface area contributed by atoms with Crippen LogP contribution < -0.4 is 10.6 Å². The summed E-state index contributed by atoms with van der Waals surface area (Å²) < 4.78 is 27.1. The third-order valence-electron chi connectivity index (χ3n) is 3.63. The van der Waals surface area contributed by atoms with Crippen molar-refractivity contribution < 1.29 is 23.5 Å². The number of halogens is 2. The van der Waals surface area contributed by atoms with E-state index in [0.717, 1.165) is 29.3 Å². The summed E-state index contributed by atoms with van der Waals surface area (Å²) in [5.41, 5.74) is 1.72. The number of aliphatic hydroxyl groups is 1. The van der Waals surface area contributed by atoms with Crippen molar-refractivity contribution in [3.8, 4) is 0 Å². The van der Waals surface area contributed by atoms with Gasteiger partial charge in [0.15, 0.2) is 0 Å². The summed E-state index contributed by atoms with van der Waals surface area (Å²) in [5, 5.41) is 14.4. The van der Waals surface area contributed by atoms with Crippen molar-refractivity contribution in [2.75, 3.05) is 11.9 Å². The molecule has 3 N–H and O–H groups in total. The normalized spacial score (nSPS) is 11.7. The van der Waals surface area contributed by atoms with Gasteiger partial charge in [-0.25, -0.2) is 8.78 Å². The van der Waals surface area contributed by atoms with Gasteiger partial charge in [-0.1, -0.05) is 23.8 Å². The zero-order valence-electron chi connectivity index (χ0n) is 13.8. The SMILES string of the molecule is Cc1ccc(NC(=O)C(=O)NCC(O)c2c(F)cccc2F)c(C)c1. The second-order valence-corrected chi connectivity index (χ2v) is 5.63. The molecule has 0 bridgehead atoms. The Hall–Kier alpha value is -2.80. The minimum Gasteiger partial charge on any atom is -0.386 e. The van der Waals surface area contributed by atoms with Gasteiger partial charge in [0.2, 0.25) is 0 Å². The molecule has 2 rings (SSSR count). The molecule has 1 atom stereocenters. The summed E-state index contributed by atoms with van der Waals surface area (Å²) >= 11 is 0. The lowest BCUT2D eigenvalue weighted by Crippen LogP contribution is -2.38. The van der Waals surface area contributed by atoms with Crippen LogP contribution in [-0.2, 0) is 9.59 Å². The lowest BCUT2D eigenvalue weighted by molar-refractivity contribution is -0.136. The van der Waals surface area contributed by atoms with Crippen LogP contribution in [0.3, 0.4) is 0 Å². The second-order valence-electron chi connectivity index (χ2n) is 5.63. The van der Waals surface area contributed by atoms with Crippen molar-refractivity contribution in [3.05, 3.63) is 64.7 Å². The quantitative estimate of drug-likeness (QED) is 0.743. The molecule has 0 spiro atoms. The third-order valence-corrected chi connectivity index (χ3v) is 3.63. The molecule has 0 aliphatic carbocycles. The summed E-state index contributed by atoms with van der Waals surface area (Å²) in [7, 11) is 0. The molecule has 0 fully saturated rings. The minimum absolute atomic E-state index is 0.478. The largest absolute Gasteiger partial charge is 0.386 e. The van der Waals surface area contributed by atoms with Gasteiger partial charge in [-0.2, -0.15) is 0 Å². The molecular weight excluding hydrogens is 330 g/mol. The van der Waals surface area contributed by atoms with Gasteiger partial charge in [0.1, 0.15) is 17.7 Å². The van der Waals surface area contributed by atoms with Gasteiger partial charge in [-0.3, -0.25) is 9.59 Å². The highest BCUT2D eigenvalue weighted by Crippen LogP contribution is 2.20. The van der Waals surface area contributed by atoms with Gasteiger partial charge in [0, 0.05) is 12.2 Å². The Balaban J connectivity index is 1.96. The van der Waals surface area contributed by atoms with Crippen LogP contribution in [0.5, 0.6) is 0 Å². The zero-order chi connectivity index (χ0) is 18.6. The third kappa shape index (κ3) is 4.60. The van der Waals surface area contributed by atoms with Crippen LogP contribution in [0.2, 0.25) is 0 Å². The molecule has 1 unspecified atom stereocenters. The van der Waals surface area contributed by atoms with Gasteiger partial charge in [0.25, 0.3) is 0 Å². The fraction of sp³-hybridized carbons (Fsp3) is 0.222. The number of aliphatic hydroxyl groups excluding tert-OH is 1. The van der Waals surface area contributed by atoms with Crippen LogP contribution >= 0.6 is 0 Å². The van der Waals surface area contributed by atoms with Crippen LogP contribution in [0, 0.1) is 25.5 Å². The Kier molecular flexibility index (Phi) is 5.82. The summed E-state index contributed by atoms with van der Waals surface area (Å²) in [6.45, 7) is 3.18. The first-order valence-corrected chi connectivity index (χ1v) is 7.58. The number of benzene rings is 2. The molecule has 0 heterocycles. The molecule has 0 aromatic heterocycles. The topological polar surface area (TPSA) is 78.4 Å². The lowest BCUT2D eigenvalue weighted by atomic mass is 10.1. The fourth-order valence-corrected chi connectivity index (χ4v) is 2.33. The van der Waals surface area contributed by atoms with Gasteiger partial charge in [-0.15, -0.1) is 0 Å². The first-order chi connectivity index (χ1) is 11.8. The van der Waals surface area contributed by atoms with E-state index in [-0.39, 0.29) is 0 Å². The molecule has 25 heavy (non-hydrogen) atoms. The summed E-state index contributed by atoms with van der Waals surface area (Å²) in [4.78, 5) is 23.7. The molecule has 0 saturated heterocycles. The number of rotatable bonds is 4. The average Bonchev–Trinajstić information content (AvgIpc) is 2.55. The van der Waals surface area contributed by atoms with Crippen LogP contribution in [0.15, 0.2) is 36.4 Å². The van der Waals surface area contributed by atoms with Crippen LogP contribution in [-0.4, -0.2) is 23.5 Å². The van der Waals surface area contributed by atoms with Crippen molar-refractivity contribution in [2.45, 2.75) is 20.0 Å². The summed E-state index contributed by atoms with van der Waals surface area (Å²) in [5.74, 6) is -3.81. The Labute approximate surface area is 143 Å². The summed E-state index contributed by atoms with van der Waals surface area (Å²) in [6, 6.07) is 8.45. The van der Waals surface area contributed by atoms with Gasteiger partial charge < -0.3 is 15.7 Å². The lowest BCUT2D eigenvalue weighted by Gasteiger charge is -2.14. The molecule has 2 aromatic carbocycles. The Morgan fingerprint density at radius 3 is 2.32 bits per heavy atom. The Bertz CT molecular complexity index is 789. The molecule has 5 nitrogen and oxygen atoms in total.